The van der Waals surface area contributed by atoms with Crippen LogP contribution in [0.2, 0.25) is 5.02 Å². The van der Waals surface area contributed by atoms with E-state index in [-0.39, 0.29) is 17.9 Å². The maximum atomic E-state index is 13.2. The molecule has 1 aliphatic carbocycles. The van der Waals surface area contributed by atoms with Crippen molar-refractivity contribution in [3.8, 4) is 0 Å². The highest BCUT2D eigenvalue weighted by Gasteiger charge is 2.39. The number of benzene rings is 2. The van der Waals surface area contributed by atoms with Crippen molar-refractivity contribution in [1.82, 2.24) is 10.2 Å². The number of rotatable bonds is 7. The second-order valence-electron chi connectivity index (χ2n) is 7.74. The number of thioether (sulfide) groups is 1. The van der Waals surface area contributed by atoms with Crippen molar-refractivity contribution in [3.05, 3.63) is 75.8 Å². The van der Waals surface area contributed by atoms with Crippen LogP contribution in [0.4, 0.5) is 0 Å². The SMILES string of the molecule is O=C1C(NC2CCCCC2)=C(Sc2ccc(Cl)cc2)C(=O)N1CCc1ccccc1. The van der Waals surface area contributed by atoms with Gasteiger partial charge in [-0.15, -0.1) is 0 Å². The topological polar surface area (TPSA) is 49.4 Å². The summed E-state index contributed by atoms with van der Waals surface area (Å²) in [6.45, 7) is 0.377. The zero-order chi connectivity index (χ0) is 20.9. The molecule has 1 N–H and O–H groups in total. The number of nitrogens with zero attached hydrogens (tertiary/aromatic N) is 1. The fourth-order valence-corrected chi connectivity index (χ4v) is 5.02. The Morgan fingerprint density at radius 3 is 2.33 bits per heavy atom. The first-order valence-electron chi connectivity index (χ1n) is 10.5. The fraction of sp³-hybridized carbons (Fsp3) is 0.333. The molecule has 0 radical (unpaired) electrons. The summed E-state index contributed by atoms with van der Waals surface area (Å²) >= 11 is 7.34. The molecule has 2 aromatic rings. The minimum Gasteiger partial charge on any atom is -0.377 e. The summed E-state index contributed by atoms with van der Waals surface area (Å²) in [5.41, 5.74) is 1.57. The monoisotopic (exact) mass is 440 g/mol. The van der Waals surface area contributed by atoms with Gasteiger partial charge in [0.05, 0.1) is 0 Å². The van der Waals surface area contributed by atoms with E-state index in [1.807, 2.05) is 42.5 Å². The summed E-state index contributed by atoms with van der Waals surface area (Å²) in [6, 6.07) is 17.5. The third-order valence-electron chi connectivity index (χ3n) is 5.58. The van der Waals surface area contributed by atoms with Crippen molar-refractivity contribution in [2.24, 2.45) is 0 Å². The van der Waals surface area contributed by atoms with Gasteiger partial charge in [0.25, 0.3) is 11.8 Å². The lowest BCUT2D eigenvalue weighted by Crippen LogP contribution is -2.38. The fourth-order valence-electron chi connectivity index (χ4n) is 3.94. The second-order valence-corrected chi connectivity index (χ2v) is 9.26. The molecule has 6 heteroatoms. The molecule has 0 unspecified atom stereocenters. The van der Waals surface area contributed by atoms with Crippen molar-refractivity contribution >= 4 is 35.2 Å². The summed E-state index contributed by atoms with van der Waals surface area (Å²) in [7, 11) is 0. The standard InChI is InChI=1S/C24H25ClN2O2S/c25-18-11-13-20(14-12-18)30-22-21(26-19-9-5-2-6-10-19)23(28)27(24(22)29)16-15-17-7-3-1-4-8-17/h1,3-4,7-8,11-14,19,26H,2,5-6,9-10,15-16H2. The first kappa shape index (κ1) is 21.0. The molecule has 2 amide bonds. The van der Waals surface area contributed by atoms with Crippen molar-refractivity contribution in [2.75, 3.05) is 6.54 Å². The normalized spacial score (nSPS) is 17.7. The molecule has 4 nitrogen and oxygen atoms in total. The molecule has 1 saturated carbocycles. The van der Waals surface area contributed by atoms with Crippen molar-refractivity contribution < 1.29 is 9.59 Å². The average molecular weight is 441 g/mol. The molecule has 4 rings (SSSR count). The Labute approximate surface area is 186 Å². The predicted molar refractivity (Wildman–Crippen MR) is 121 cm³/mol. The zero-order valence-corrected chi connectivity index (χ0v) is 18.3. The molecule has 30 heavy (non-hydrogen) atoms. The molecule has 0 spiro atoms. The van der Waals surface area contributed by atoms with Gasteiger partial charge in [-0.05, 0) is 49.1 Å². The largest absolute Gasteiger partial charge is 0.377 e. The Balaban J connectivity index is 1.55. The van der Waals surface area contributed by atoms with E-state index in [2.05, 4.69) is 5.32 Å². The maximum absolute atomic E-state index is 13.2. The first-order chi connectivity index (χ1) is 14.6. The molecular formula is C24H25ClN2O2S. The minimum absolute atomic E-state index is 0.210. The van der Waals surface area contributed by atoms with E-state index in [4.69, 9.17) is 11.6 Å². The van der Waals surface area contributed by atoms with Crippen molar-refractivity contribution in [1.29, 1.82) is 0 Å². The van der Waals surface area contributed by atoms with Gasteiger partial charge in [0.2, 0.25) is 0 Å². The van der Waals surface area contributed by atoms with Gasteiger partial charge in [-0.1, -0.05) is 73.0 Å². The number of carbonyl (C=O) groups excluding carboxylic acids is 2. The summed E-state index contributed by atoms with van der Waals surface area (Å²) in [5.74, 6) is -0.424. The van der Waals surface area contributed by atoms with Gasteiger partial charge in [-0.3, -0.25) is 14.5 Å². The molecule has 156 valence electrons. The molecule has 1 fully saturated rings. The van der Waals surface area contributed by atoms with E-state index in [0.29, 0.717) is 28.6 Å². The van der Waals surface area contributed by atoms with Crippen LogP contribution in [0, 0.1) is 0 Å². The maximum Gasteiger partial charge on any atom is 0.278 e. The molecule has 1 aliphatic heterocycles. The van der Waals surface area contributed by atoms with E-state index in [0.717, 1.165) is 36.1 Å². The van der Waals surface area contributed by atoms with Gasteiger partial charge < -0.3 is 5.32 Å². The molecule has 0 saturated heterocycles. The van der Waals surface area contributed by atoms with Gasteiger partial charge in [-0.2, -0.15) is 0 Å². The number of hydrogen-bond acceptors (Lipinski definition) is 4. The molecule has 0 bridgehead atoms. The lowest BCUT2D eigenvalue weighted by atomic mass is 9.95. The van der Waals surface area contributed by atoms with Crippen molar-refractivity contribution in [2.45, 2.75) is 49.5 Å². The molecule has 0 atom stereocenters. The van der Waals surface area contributed by atoms with E-state index in [9.17, 15) is 9.59 Å². The van der Waals surface area contributed by atoms with Gasteiger partial charge in [0, 0.05) is 22.5 Å². The van der Waals surface area contributed by atoms with Crippen LogP contribution in [0.3, 0.4) is 0 Å². The predicted octanol–water partition coefficient (Wildman–Crippen LogP) is 5.18. The highest BCUT2D eigenvalue weighted by Crippen LogP contribution is 2.35. The number of nitrogens with one attached hydrogen (secondary N) is 1. The average Bonchev–Trinajstić information content (AvgIpc) is 2.99. The first-order valence-corrected chi connectivity index (χ1v) is 11.7. The minimum atomic E-state index is -0.214. The zero-order valence-electron chi connectivity index (χ0n) is 16.8. The van der Waals surface area contributed by atoms with Crippen LogP contribution in [0.1, 0.15) is 37.7 Å². The molecule has 1 heterocycles. The summed E-state index contributed by atoms with van der Waals surface area (Å²) in [5, 5.41) is 4.07. The van der Waals surface area contributed by atoms with Crippen LogP contribution in [-0.2, 0) is 16.0 Å². The Morgan fingerprint density at radius 2 is 1.63 bits per heavy atom. The van der Waals surface area contributed by atoms with Crippen LogP contribution in [0.15, 0.2) is 70.1 Å². The summed E-state index contributed by atoms with van der Waals surface area (Å²) in [4.78, 5) is 29.2. The third kappa shape index (κ3) is 4.90. The van der Waals surface area contributed by atoms with Crippen LogP contribution in [0.25, 0.3) is 0 Å². The van der Waals surface area contributed by atoms with Crippen LogP contribution in [-0.4, -0.2) is 29.3 Å². The molecular weight excluding hydrogens is 416 g/mol. The van der Waals surface area contributed by atoms with Crippen LogP contribution < -0.4 is 5.32 Å². The van der Waals surface area contributed by atoms with E-state index >= 15 is 0 Å². The number of imide groups is 1. The Kier molecular flexibility index (Phi) is 6.80. The molecule has 2 aliphatic rings. The van der Waals surface area contributed by atoms with E-state index in [1.54, 1.807) is 12.1 Å². The van der Waals surface area contributed by atoms with Crippen LogP contribution >= 0.6 is 23.4 Å². The molecule has 2 aromatic carbocycles. The Bertz CT molecular complexity index is 937. The molecule has 0 aromatic heterocycles. The number of amides is 2. The van der Waals surface area contributed by atoms with E-state index < -0.39 is 0 Å². The summed E-state index contributed by atoms with van der Waals surface area (Å²) in [6.07, 6.45) is 6.27. The van der Waals surface area contributed by atoms with Crippen LogP contribution in [0.5, 0.6) is 0 Å². The Hall–Kier alpha value is -2.24. The van der Waals surface area contributed by atoms with E-state index in [1.165, 1.54) is 23.1 Å². The number of halogens is 1. The van der Waals surface area contributed by atoms with Gasteiger partial charge in [-0.25, -0.2) is 0 Å². The van der Waals surface area contributed by atoms with Gasteiger partial charge in [0.1, 0.15) is 10.6 Å². The van der Waals surface area contributed by atoms with Gasteiger partial charge >= 0.3 is 0 Å². The third-order valence-corrected chi connectivity index (χ3v) is 6.92. The number of carbonyl (C=O) groups is 2. The van der Waals surface area contributed by atoms with Gasteiger partial charge in [0.15, 0.2) is 0 Å². The lowest BCUT2D eigenvalue weighted by molar-refractivity contribution is -0.137. The smallest absolute Gasteiger partial charge is 0.278 e. The van der Waals surface area contributed by atoms with Crippen molar-refractivity contribution in [3.63, 3.8) is 0 Å². The lowest BCUT2D eigenvalue weighted by Gasteiger charge is -2.24. The Morgan fingerprint density at radius 1 is 0.933 bits per heavy atom. The quantitative estimate of drug-likeness (QED) is 0.603. The second kappa shape index (κ2) is 9.71. The number of hydrogen-bond donors (Lipinski definition) is 1. The summed E-state index contributed by atoms with van der Waals surface area (Å²) < 4.78 is 0. The highest BCUT2D eigenvalue weighted by molar-refractivity contribution is 8.04. The highest BCUT2D eigenvalue weighted by atomic mass is 35.5.